The van der Waals surface area contributed by atoms with Crippen LogP contribution in [0.15, 0.2) is 30.3 Å². The molecule has 0 fully saturated rings. The summed E-state index contributed by atoms with van der Waals surface area (Å²) in [6, 6.07) is 8.62. The number of anilines is 3. The number of aromatic nitrogens is 3. The van der Waals surface area contributed by atoms with Crippen molar-refractivity contribution >= 4 is 23.7 Å². The summed E-state index contributed by atoms with van der Waals surface area (Å²) >= 11 is 0. The van der Waals surface area contributed by atoms with Crippen LogP contribution in [0.3, 0.4) is 0 Å². The van der Waals surface area contributed by atoms with Gasteiger partial charge in [0.1, 0.15) is 0 Å². The molecule has 8 heteroatoms. The zero-order valence-electron chi connectivity index (χ0n) is 11.6. The second-order valence-electron chi connectivity index (χ2n) is 3.88. The predicted molar refractivity (Wildman–Crippen MR) is 77.1 cm³/mol. The zero-order valence-corrected chi connectivity index (χ0v) is 11.6. The van der Waals surface area contributed by atoms with Crippen molar-refractivity contribution in [2.75, 3.05) is 23.9 Å². The highest BCUT2D eigenvalue weighted by atomic mass is 16.5. The molecule has 0 unspecified atom stereocenters. The second-order valence-corrected chi connectivity index (χ2v) is 3.88. The lowest BCUT2D eigenvalue weighted by atomic mass is 10.3. The van der Waals surface area contributed by atoms with Gasteiger partial charge in [0.2, 0.25) is 11.9 Å². The number of nitrogens with one attached hydrogen (secondary N) is 1. The molecule has 0 aliphatic heterocycles. The number of para-hydroxylation sites is 1. The Balaban J connectivity index is 2.50. The molecule has 2 N–H and O–H groups in total. The normalized spacial score (nSPS) is 10.0. The minimum absolute atomic E-state index is 0.0310. The maximum absolute atomic E-state index is 11.5. The summed E-state index contributed by atoms with van der Waals surface area (Å²) < 4.78 is 5.23. The van der Waals surface area contributed by atoms with E-state index >= 15 is 0 Å². The molecule has 1 amide bonds. The number of nitrogens with zero attached hydrogens (tertiary/aromatic N) is 4. The van der Waals surface area contributed by atoms with Crippen LogP contribution in [0.2, 0.25) is 0 Å². The van der Waals surface area contributed by atoms with Crippen molar-refractivity contribution in [2.45, 2.75) is 6.92 Å². The van der Waals surface area contributed by atoms with Gasteiger partial charge in [0.25, 0.3) is 0 Å². The van der Waals surface area contributed by atoms with Crippen LogP contribution in [-0.4, -0.2) is 39.8 Å². The van der Waals surface area contributed by atoms with E-state index < -0.39 is 6.09 Å². The van der Waals surface area contributed by atoms with Crippen LogP contribution in [0.4, 0.5) is 22.4 Å². The third-order valence-corrected chi connectivity index (χ3v) is 2.51. The van der Waals surface area contributed by atoms with Crippen molar-refractivity contribution in [1.29, 1.82) is 0 Å². The summed E-state index contributed by atoms with van der Waals surface area (Å²) in [5, 5.41) is 12.2. The van der Waals surface area contributed by atoms with Crippen LogP contribution in [0.25, 0.3) is 0 Å². The zero-order chi connectivity index (χ0) is 15.2. The second kappa shape index (κ2) is 6.51. The van der Waals surface area contributed by atoms with Gasteiger partial charge >= 0.3 is 12.1 Å². The molecule has 0 radical (unpaired) electrons. The van der Waals surface area contributed by atoms with Crippen molar-refractivity contribution < 1.29 is 14.6 Å². The van der Waals surface area contributed by atoms with E-state index in [1.54, 1.807) is 44.3 Å². The fraction of sp³-hybridized carbons (Fsp3) is 0.231. The van der Waals surface area contributed by atoms with Crippen molar-refractivity contribution in [3.8, 4) is 6.01 Å². The van der Waals surface area contributed by atoms with E-state index in [1.165, 1.54) is 0 Å². The van der Waals surface area contributed by atoms with Gasteiger partial charge in [0.15, 0.2) is 0 Å². The third kappa shape index (κ3) is 3.35. The van der Waals surface area contributed by atoms with E-state index in [0.717, 1.165) is 4.90 Å². The third-order valence-electron chi connectivity index (χ3n) is 2.51. The van der Waals surface area contributed by atoms with Gasteiger partial charge < -0.3 is 15.2 Å². The summed E-state index contributed by atoms with van der Waals surface area (Å²) in [6.45, 7) is 2.15. The quantitative estimate of drug-likeness (QED) is 0.869. The standard InChI is InChI=1S/C13H15N5O3/c1-3-21-12-16-10(14-2)15-11(17-12)18(13(19)20)9-7-5-4-6-8-9/h4-8H,3H2,1-2H3,(H,19,20)(H,14,15,16,17). The molecule has 0 saturated heterocycles. The van der Waals surface area contributed by atoms with E-state index in [-0.39, 0.29) is 17.9 Å². The first-order chi connectivity index (χ1) is 10.2. The molecule has 2 rings (SSSR count). The van der Waals surface area contributed by atoms with Gasteiger partial charge in [0.05, 0.1) is 12.3 Å². The SMILES string of the molecule is CCOc1nc(NC)nc(N(C(=O)O)c2ccccc2)n1. The van der Waals surface area contributed by atoms with E-state index in [4.69, 9.17) is 4.74 Å². The van der Waals surface area contributed by atoms with Gasteiger partial charge in [-0.1, -0.05) is 18.2 Å². The number of amides is 1. The highest BCUT2D eigenvalue weighted by Crippen LogP contribution is 2.24. The number of ether oxygens (including phenoxy) is 1. The van der Waals surface area contributed by atoms with Crippen LogP contribution in [-0.2, 0) is 0 Å². The van der Waals surface area contributed by atoms with Crippen LogP contribution < -0.4 is 15.0 Å². The lowest BCUT2D eigenvalue weighted by Gasteiger charge is -2.18. The van der Waals surface area contributed by atoms with E-state index in [9.17, 15) is 9.90 Å². The number of rotatable bonds is 5. The van der Waals surface area contributed by atoms with Gasteiger partial charge in [-0.3, -0.25) is 0 Å². The summed E-state index contributed by atoms with van der Waals surface area (Å²) in [7, 11) is 1.63. The maximum atomic E-state index is 11.5. The van der Waals surface area contributed by atoms with Gasteiger partial charge in [-0.15, -0.1) is 0 Å². The molecule has 0 saturated carbocycles. The Kier molecular flexibility index (Phi) is 4.50. The Morgan fingerprint density at radius 3 is 2.57 bits per heavy atom. The number of hydrogen-bond donors (Lipinski definition) is 2. The molecular weight excluding hydrogens is 274 g/mol. The number of hydrogen-bond acceptors (Lipinski definition) is 6. The fourth-order valence-corrected chi connectivity index (χ4v) is 1.64. The molecule has 1 aromatic heterocycles. The first-order valence-electron chi connectivity index (χ1n) is 6.30. The van der Waals surface area contributed by atoms with Crippen molar-refractivity contribution in [3.63, 3.8) is 0 Å². The minimum atomic E-state index is -1.20. The van der Waals surface area contributed by atoms with Crippen LogP contribution >= 0.6 is 0 Å². The topological polar surface area (TPSA) is 100 Å². The smallest absolute Gasteiger partial charge is 0.418 e. The molecular formula is C13H15N5O3. The number of benzene rings is 1. The molecule has 21 heavy (non-hydrogen) atoms. The average Bonchev–Trinajstić information content (AvgIpc) is 2.48. The van der Waals surface area contributed by atoms with Crippen LogP contribution in [0, 0.1) is 0 Å². The molecule has 0 spiro atoms. The number of carboxylic acid groups (broad SMARTS) is 1. The Labute approximate surface area is 121 Å². The molecule has 1 aromatic carbocycles. The molecule has 0 atom stereocenters. The lowest BCUT2D eigenvalue weighted by Crippen LogP contribution is -2.26. The average molecular weight is 289 g/mol. The summed E-state index contributed by atoms with van der Waals surface area (Å²) in [5.41, 5.74) is 0.431. The molecule has 1 heterocycles. The maximum Gasteiger partial charge on any atom is 0.418 e. The van der Waals surface area contributed by atoms with Gasteiger partial charge in [-0.2, -0.15) is 15.0 Å². The molecule has 8 nitrogen and oxygen atoms in total. The Morgan fingerprint density at radius 1 is 1.29 bits per heavy atom. The first-order valence-corrected chi connectivity index (χ1v) is 6.30. The van der Waals surface area contributed by atoms with Gasteiger partial charge in [-0.05, 0) is 19.1 Å². The largest absolute Gasteiger partial charge is 0.464 e. The Bertz CT molecular complexity index is 620. The first kappa shape index (κ1) is 14.5. The van der Waals surface area contributed by atoms with Crippen LogP contribution in [0.5, 0.6) is 6.01 Å². The van der Waals surface area contributed by atoms with E-state index in [0.29, 0.717) is 12.3 Å². The van der Waals surface area contributed by atoms with Crippen molar-refractivity contribution in [1.82, 2.24) is 15.0 Å². The van der Waals surface area contributed by atoms with Crippen molar-refractivity contribution in [2.24, 2.45) is 0 Å². The van der Waals surface area contributed by atoms with Gasteiger partial charge in [0, 0.05) is 7.05 Å². The summed E-state index contributed by atoms with van der Waals surface area (Å²) in [4.78, 5) is 24.6. The van der Waals surface area contributed by atoms with Crippen molar-refractivity contribution in [3.05, 3.63) is 30.3 Å². The van der Waals surface area contributed by atoms with E-state index in [1.807, 2.05) is 0 Å². The molecule has 110 valence electrons. The molecule has 0 aliphatic rings. The van der Waals surface area contributed by atoms with Crippen LogP contribution in [0.1, 0.15) is 6.92 Å². The Morgan fingerprint density at radius 2 is 2.00 bits per heavy atom. The molecule has 2 aromatic rings. The van der Waals surface area contributed by atoms with Gasteiger partial charge in [-0.25, -0.2) is 9.69 Å². The summed E-state index contributed by atoms with van der Waals surface area (Å²) in [5.74, 6) is 0.196. The Hall–Kier alpha value is -2.90. The fourth-order valence-electron chi connectivity index (χ4n) is 1.64. The monoisotopic (exact) mass is 289 g/mol. The summed E-state index contributed by atoms with van der Waals surface area (Å²) in [6.07, 6.45) is -1.20. The predicted octanol–water partition coefficient (Wildman–Crippen LogP) is 2.13. The minimum Gasteiger partial charge on any atom is -0.464 e. The lowest BCUT2D eigenvalue weighted by molar-refractivity contribution is 0.204. The number of carbonyl (C=O) groups is 1. The highest BCUT2D eigenvalue weighted by Gasteiger charge is 2.21. The molecule has 0 aliphatic carbocycles. The van der Waals surface area contributed by atoms with E-state index in [2.05, 4.69) is 20.3 Å². The highest BCUT2D eigenvalue weighted by molar-refractivity contribution is 5.92. The molecule has 0 bridgehead atoms.